The number of hydrogen-bond acceptors (Lipinski definition) is 5. The zero-order valence-corrected chi connectivity index (χ0v) is 17.3. The summed E-state index contributed by atoms with van der Waals surface area (Å²) in [6.07, 6.45) is 3.99. The van der Waals surface area contributed by atoms with E-state index in [0.29, 0.717) is 0 Å². The van der Waals surface area contributed by atoms with E-state index >= 15 is 0 Å². The average Bonchev–Trinajstić information content (AvgIpc) is 3.19. The first-order chi connectivity index (χ1) is 13.2. The van der Waals surface area contributed by atoms with Crippen LogP contribution in [0.2, 0.25) is 0 Å². The molecule has 1 saturated heterocycles. The predicted molar refractivity (Wildman–Crippen MR) is 113 cm³/mol. The van der Waals surface area contributed by atoms with Gasteiger partial charge in [-0.1, -0.05) is 19.1 Å². The lowest BCUT2D eigenvalue weighted by Gasteiger charge is -2.38. The third-order valence-electron chi connectivity index (χ3n) is 4.79. The van der Waals surface area contributed by atoms with Crippen molar-refractivity contribution in [3.63, 3.8) is 0 Å². The molecule has 0 bridgehead atoms. The highest BCUT2D eigenvalue weighted by Crippen LogP contribution is 2.28. The number of hydrogen-bond donors (Lipinski definition) is 1. The highest BCUT2D eigenvalue weighted by molar-refractivity contribution is 7.11. The minimum absolute atomic E-state index is 0.857. The van der Waals surface area contributed by atoms with Crippen molar-refractivity contribution in [2.75, 3.05) is 51.8 Å². The summed E-state index contributed by atoms with van der Waals surface area (Å²) in [5.41, 5.74) is 1.16. The molecule has 1 aliphatic rings. The van der Waals surface area contributed by atoms with E-state index in [1.54, 1.807) is 18.4 Å². The number of para-hydroxylation sites is 2. The first kappa shape index (κ1) is 19.5. The van der Waals surface area contributed by atoms with Crippen LogP contribution in [0.4, 0.5) is 5.69 Å². The van der Waals surface area contributed by atoms with Crippen molar-refractivity contribution in [3.05, 3.63) is 40.3 Å². The zero-order chi connectivity index (χ0) is 19.1. The van der Waals surface area contributed by atoms with Gasteiger partial charge in [-0.15, -0.1) is 11.3 Å². The summed E-state index contributed by atoms with van der Waals surface area (Å²) in [6.45, 7) is 6.81. The molecule has 1 aliphatic heterocycles. The number of aliphatic imine (C=N–C) groups is 1. The van der Waals surface area contributed by atoms with E-state index in [0.717, 1.165) is 63.0 Å². The maximum absolute atomic E-state index is 5.50. The summed E-state index contributed by atoms with van der Waals surface area (Å²) in [4.78, 5) is 15.0. The third-order valence-corrected chi connectivity index (χ3v) is 5.99. The Balaban J connectivity index is 1.49. The maximum atomic E-state index is 5.50. The molecule has 1 N–H and O–H groups in total. The summed E-state index contributed by atoms with van der Waals surface area (Å²) in [6, 6.07) is 8.22. The molecule has 7 heteroatoms. The number of anilines is 1. The zero-order valence-electron chi connectivity index (χ0n) is 16.4. The van der Waals surface area contributed by atoms with Crippen molar-refractivity contribution >= 4 is 23.0 Å². The molecule has 0 spiro atoms. The number of benzene rings is 1. The van der Waals surface area contributed by atoms with Gasteiger partial charge >= 0.3 is 0 Å². The Kier molecular flexibility index (Phi) is 6.92. The largest absolute Gasteiger partial charge is 0.495 e. The van der Waals surface area contributed by atoms with Gasteiger partial charge in [0.15, 0.2) is 5.96 Å². The Morgan fingerprint density at radius 1 is 1.26 bits per heavy atom. The molecule has 2 heterocycles. The number of thiazole rings is 1. The fraction of sp³-hybridized carbons (Fsp3) is 0.500. The maximum Gasteiger partial charge on any atom is 0.193 e. The first-order valence-corrected chi connectivity index (χ1v) is 10.3. The number of aryl methyl sites for hydroxylation is 1. The molecule has 0 amide bonds. The average molecular weight is 388 g/mol. The standard InChI is InChI=1S/C20H29N5OS/c1-4-16-15-23-19(27-16)9-10-22-20(21-2)25-13-11-24(12-14-25)17-7-5-6-8-18(17)26-3/h5-8,15H,4,9-14H2,1-3H3,(H,21,22). The minimum atomic E-state index is 0.857. The third kappa shape index (κ3) is 4.91. The smallest absolute Gasteiger partial charge is 0.193 e. The van der Waals surface area contributed by atoms with Crippen molar-refractivity contribution < 1.29 is 4.74 Å². The van der Waals surface area contributed by atoms with Crippen LogP contribution in [0.25, 0.3) is 0 Å². The Morgan fingerprint density at radius 2 is 2.04 bits per heavy atom. The van der Waals surface area contributed by atoms with Crippen LogP contribution in [0.15, 0.2) is 35.5 Å². The van der Waals surface area contributed by atoms with Crippen molar-refractivity contribution in [2.24, 2.45) is 4.99 Å². The Hall–Kier alpha value is -2.28. The molecule has 27 heavy (non-hydrogen) atoms. The summed E-state index contributed by atoms with van der Waals surface area (Å²) in [5.74, 6) is 1.91. The second-order valence-electron chi connectivity index (χ2n) is 6.44. The van der Waals surface area contributed by atoms with E-state index in [1.807, 2.05) is 25.4 Å². The molecule has 1 aromatic heterocycles. The number of ether oxygens (including phenoxy) is 1. The molecule has 2 aromatic rings. The quantitative estimate of drug-likeness (QED) is 0.610. The van der Waals surface area contributed by atoms with E-state index in [9.17, 15) is 0 Å². The highest BCUT2D eigenvalue weighted by Gasteiger charge is 2.21. The second-order valence-corrected chi connectivity index (χ2v) is 7.64. The lowest BCUT2D eigenvalue weighted by molar-refractivity contribution is 0.367. The molecular weight excluding hydrogens is 358 g/mol. The Morgan fingerprint density at radius 3 is 2.70 bits per heavy atom. The van der Waals surface area contributed by atoms with E-state index in [1.165, 1.54) is 9.88 Å². The van der Waals surface area contributed by atoms with Crippen LogP contribution in [0.5, 0.6) is 5.75 Å². The van der Waals surface area contributed by atoms with Gasteiger partial charge in [-0.2, -0.15) is 0 Å². The number of methoxy groups -OCH3 is 1. The van der Waals surface area contributed by atoms with Gasteiger partial charge in [-0.25, -0.2) is 4.98 Å². The lowest BCUT2D eigenvalue weighted by atomic mass is 10.2. The van der Waals surface area contributed by atoms with Gasteiger partial charge in [0.05, 0.1) is 17.8 Å². The van der Waals surface area contributed by atoms with Gasteiger partial charge in [0.2, 0.25) is 0 Å². The van der Waals surface area contributed by atoms with E-state index in [4.69, 9.17) is 4.74 Å². The molecule has 1 fully saturated rings. The molecule has 0 radical (unpaired) electrons. The van der Waals surface area contributed by atoms with Gasteiger partial charge in [0.25, 0.3) is 0 Å². The molecular formula is C20H29N5OS. The SMILES string of the molecule is CCc1cnc(CCNC(=NC)N2CCN(c3ccccc3OC)CC2)s1. The predicted octanol–water partition coefficient (Wildman–Crippen LogP) is 2.65. The van der Waals surface area contributed by atoms with Crippen LogP contribution in [-0.2, 0) is 12.8 Å². The van der Waals surface area contributed by atoms with Crippen LogP contribution in [0, 0.1) is 0 Å². The van der Waals surface area contributed by atoms with Gasteiger partial charge in [0.1, 0.15) is 5.75 Å². The molecule has 0 aliphatic carbocycles. The summed E-state index contributed by atoms with van der Waals surface area (Å²) >= 11 is 1.81. The number of guanidine groups is 1. The lowest BCUT2D eigenvalue weighted by Crippen LogP contribution is -2.52. The molecule has 0 saturated carbocycles. The second kappa shape index (κ2) is 9.60. The monoisotopic (exact) mass is 387 g/mol. The number of nitrogens with one attached hydrogen (secondary N) is 1. The van der Waals surface area contributed by atoms with Crippen LogP contribution >= 0.6 is 11.3 Å². The van der Waals surface area contributed by atoms with Crippen molar-refractivity contribution in [1.29, 1.82) is 0 Å². The van der Waals surface area contributed by atoms with E-state index in [2.05, 4.69) is 44.1 Å². The molecule has 0 atom stereocenters. The fourth-order valence-electron chi connectivity index (χ4n) is 3.29. The van der Waals surface area contributed by atoms with E-state index in [-0.39, 0.29) is 0 Å². The molecule has 146 valence electrons. The molecule has 0 unspecified atom stereocenters. The topological polar surface area (TPSA) is 53.0 Å². The number of rotatable bonds is 6. The number of piperazine rings is 1. The van der Waals surface area contributed by atoms with Gasteiger partial charge < -0.3 is 19.9 Å². The van der Waals surface area contributed by atoms with Gasteiger partial charge in [-0.05, 0) is 18.6 Å². The summed E-state index contributed by atoms with van der Waals surface area (Å²) in [5, 5.41) is 4.68. The fourth-order valence-corrected chi connectivity index (χ4v) is 4.15. The molecule has 3 rings (SSSR count). The summed E-state index contributed by atoms with van der Waals surface area (Å²) < 4.78 is 5.50. The number of aromatic nitrogens is 1. The van der Waals surface area contributed by atoms with Gasteiger partial charge in [0, 0.05) is 57.3 Å². The molecule has 6 nitrogen and oxygen atoms in total. The van der Waals surface area contributed by atoms with Crippen LogP contribution in [0.3, 0.4) is 0 Å². The first-order valence-electron chi connectivity index (χ1n) is 9.52. The van der Waals surface area contributed by atoms with Crippen molar-refractivity contribution in [2.45, 2.75) is 19.8 Å². The van der Waals surface area contributed by atoms with Crippen molar-refractivity contribution in [1.82, 2.24) is 15.2 Å². The van der Waals surface area contributed by atoms with Crippen LogP contribution in [0.1, 0.15) is 16.8 Å². The Bertz CT molecular complexity index is 752. The molecule has 1 aromatic carbocycles. The Labute approximate surface area is 165 Å². The van der Waals surface area contributed by atoms with Gasteiger partial charge in [-0.3, -0.25) is 4.99 Å². The van der Waals surface area contributed by atoms with Crippen LogP contribution < -0.4 is 15.0 Å². The van der Waals surface area contributed by atoms with Crippen LogP contribution in [-0.4, -0.2) is 62.7 Å². The van der Waals surface area contributed by atoms with E-state index < -0.39 is 0 Å². The normalized spacial score (nSPS) is 15.1. The van der Waals surface area contributed by atoms with Crippen molar-refractivity contribution in [3.8, 4) is 5.75 Å². The minimum Gasteiger partial charge on any atom is -0.495 e. The number of nitrogens with zero attached hydrogens (tertiary/aromatic N) is 4. The highest BCUT2D eigenvalue weighted by atomic mass is 32.1. The summed E-state index contributed by atoms with van der Waals surface area (Å²) in [7, 11) is 3.58.